The summed E-state index contributed by atoms with van der Waals surface area (Å²) in [5, 5.41) is 3.98. The van der Waals surface area contributed by atoms with E-state index in [1.165, 1.54) is 0 Å². The summed E-state index contributed by atoms with van der Waals surface area (Å²) in [6, 6.07) is 9.76. The van der Waals surface area contributed by atoms with Crippen LogP contribution in [0.4, 0.5) is 13.2 Å². The third kappa shape index (κ3) is 4.47. The molecular formula is C14H15F3N2O. The molecule has 1 heterocycles. The lowest BCUT2D eigenvalue weighted by Gasteiger charge is -2.09. The van der Waals surface area contributed by atoms with E-state index in [0.29, 0.717) is 13.0 Å². The van der Waals surface area contributed by atoms with Gasteiger partial charge in [-0.15, -0.1) is 13.2 Å². The van der Waals surface area contributed by atoms with Crippen molar-refractivity contribution in [2.24, 2.45) is 0 Å². The Labute approximate surface area is 114 Å². The molecule has 0 amide bonds. The van der Waals surface area contributed by atoms with E-state index < -0.39 is 6.36 Å². The van der Waals surface area contributed by atoms with Crippen LogP contribution in [0.15, 0.2) is 36.5 Å². The molecule has 6 heteroatoms. The second-order valence-electron chi connectivity index (χ2n) is 4.29. The van der Waals surface area contributed by atoms with E-state index in [-0.39, 0.29) is 13.2 Å². The average molecular weight is 284 g/mol. The fourth-order valence-electron chi connectivity index (χ4n) is 1.96. The van der Waals surface area contributed by atoms with Gasteiger partial charge < -0.3 is 5.32 Å². The van der Waals surface area contributed by atoms with Gasteiger partial charge in [-0.1, -0.05) is 24.3 Å². The Morgan fingerprint density at radius 1 is 1.10 bits per heavy atom. The van der Waals surface area contributed by atoms with E-state index in [9.17, 15) is 13.2 Å². The Morgan fingerprint density at radius 3 is 2.70 bits per heavy atom. The van der Waals surface area contributed by atoms with Gasteiger partial charge >= 0.3 is 6.36 Å². The van der Waals surface area contributed by atoms with Gasteiger partial charge in [0.25, 0.3) is 0 Å². The summed E-state index contributed by atoms with van der Waals surface area (Å²) in [7, 11) is 0. The van der Waals surface area contributed by atoms with Crippen LogP contribution in [0.25, 0.3) is 10.9 Å². The molecular weight excluding hydrogens is 269 g/mol. The van der Waals surface area contributed by atoms with Gasteiger partial charge in [0.05, 0.1) is 12.1 Å². The zero-order valence-corrected chi connectivity index (χ0v) is 10.8. The van der Waals surface area contributed by atoms with Crippen molar-refractivity contribution < 1.29 is 17.9 Å². The molecule has 1 aromatic carbocycles. The number of alkyl halides is 3. The normalized spacial score (nSPS) is 11.9. The monoisotopic (exact) mass is 284 g/mol. The van der Waals surface area contributed by atoms with Crippen LogP contribution in [-0.2, 0) is 11.2 Å². The van der Waals surface area contributed by atoms with Crippen molar-refractivity contribution in [3.8, 4) is 0 Å². The highest BCUT2D eigenvalue weighted by atomic mass is 19.4. The van der Waals surface area contributed by atoms with E-state index in [0.717, 1.165) is 16.5 Å². The number of nitrogens with one attached hydrogen (secondary N) is 1. The number of ether oxygens (including phenoxy) is 1. The van der Waals surface area contributed by atoms with Crippen molar-refractivity contribution in [1.29, 1.82) is 0 Å². The molecule has 0 saturated heterocycles. The van der Waals surface area contributed by atoms with E-state index >= 15 is 0 Å². The molecule has 0 aliphatic carbocycles. The number of benzene rings is 1. The molecule has 0 fully saturated rings. The fourth-order valence-corrected chi connectivity index (χ4v) is 1.96. The topological polar surface area (TPSA) is 34.1 Å². The summed E-state index contributed by atoms with van der Waals surface area (Å²) in [6.45, 7) is 0.367. The van der Waals surface area contributed by atoms with Crippen LogP contribution in [0.1, 0.15) is 5.56 Å². The first-order valence-corrected chi connectivity index (χ1v) is 6.30. The molecule has 0 unspecified atom stereocenters. The van der Waals surface area contributed by atoms with Gasteiger partial charge in [0, 0.05) is 18.1 Å². The van der Waals surface area contributed by atoms with Crippen LogP contribution in [0, 0.1) is 0 Å². The van der Waals surface area contributed by atoms with Gasteiger partial charge in [-0.3, -0.25) is 9.72 Å². The van der Waals surface area contributed by atoms with Gasteiger partial charge in [0.15, 0.2) is 0 Å². The fraction of sp³-hybridized carbons (Fsp3) is 0.357. The first-order valence-electron chi connectivity index (χ1n) is 6.30. The van der Waals surface area contributed by atoms with Crippen LogP contribution in [0.3, 0.4) is 0 Å². The van der Waals surface area contributed by atoms with Gasteiger partial charge in [-0.2, -0.15) is 0 Å². The molecule has 0 aliphatic rings. The minimum Gasteiger partial charge on any atom is -0.314 e. The third-order valence-electron chi connectivity index (χ3n) is 2.83. The Hall–Kier alpha value is -1.66. The summed E-state index contributed by atoms with van der Waals surface area (Å²) in [4.78, 5) is 4.33. The molecule has 1 N–H and O–H groups in total. The van der Waals surface area contributed by atoms with E-state index in [2.05, 4.69) is 15.0 Å². The van der Waals surface area contributed by atoms with E-state index in [1.54, 1.807) is 6.20 Å². The molecule has 0 saturated carbocycles. The lowest BCUT2D eigenvalue weighted by atomic mass is 10.1. The van der Waals surface area contributed by atoms with E-state index in [1.807, 2.05) is 30.3 Å². The number of rotatable bonds is 6. The summed E-state index contributed by atoms with van der Waals surface area (Å²) < 4.78 is 38.9. The second-order valence-corrected chi connectivity index (χ2v) is 4.29. The first kappa shape index (κ1) is 14.7. The van der Waals surface area contributed by atoms with Crippen LogP contribution in [-0.4, -0.2) is 31.0 Å². The summed E-state index contributed by atoms with van der Waals surface area (Å²) in [6.07, 6.45) is -2.11. The molecule has 0 spiro atoms. The largest absolute Gasteiger partial charge is 0.522 e. The number of halogens is 3. The number of hydrogen-bond acceptors (Lipinski definition) is 3. The van der Waals surface area contributed by atoms with Crippen molar-refractivity contribution in [2.45, 2.75) is 12.8 Å². The van der Waals surface area contributed by atoms with Gasteiger partial charge in [0.2, 0.25) is 0 Å². The zero-order chi connectivity index (χ0) is 14.4. The summed E-state index contributed by atoms with van der Waals surface area (Å²) in [5.41, 5.74) is 2.01. The highest BCUT2D eigenvalue weighted by Gasteiger charge is 2.28. The minimum absolute atomic E-state index is 0.164. The maximum absolute atomic E-state index is 11.7. The molecule has 2 aromatic rings. The van der Waals surface area contributed by atoms with Crippen molar-refractivity contribution in [2.75, 3.05) is 19.7 Å². The molecule has 0 bridgehead atoms. The smallest absolute Gasteiger partial charge is 0.314 e. The van der Waals surface area contributed by atoms with Crippen molar-refractivity contribution in [1.82, 2.24) is 10.3 Å². The Bertz CT molecular complexity index is 552. The highest BCUT2D eigenvalue weighted by Crippen LogP contribution is 2.16. The SMILES string of the molecule is FC(F)(F)OCCNCCc1cccc2cccnc12. The standard InChI is InChI=1S/C14H15F3N2O/c15-14(16,17)20-10-9-18-8-6-12-4-1-3-11-5-2-7-19-13(11)12/h1-5,7,18H,6,8-10H2. The van der Waals surface area contributed by atoms with Crippen LogP contribution >= 0.6 is 0 Å². The number of para-hydroxylation sites is 1. The van der Waals surface area contributed by atoms with Gasteiger partial charge in [-0.25, -0.2) is 0 Å². The Balaban J connectivity index is 1.79. The number of pyridine rings is 1. The number of aromatic nitrogens is 1. The Kier molecular flexibility index (Phi) is 4.92. The highest BCUT2D eigenvalue weighted by molar-refractivity contribution is 5.81. The maximum atomic E-state index is 11.7. The van der Waals surface area contributed by atoms with Crippen LogP contribution < -0.4 is 5.32 Å². The van der Waals surface area contributed by atoms with Crippen molar-refractivity contribution in [3.05, 3.63) is 42.1 Å². The molecule has 108 valence electrons. The molecule has 3 nitrogen and oxygen atoms in total. The van der Waals surface area contributed by atoms with Crippen molar-refractivity contribution >= 4 is 10.9 Å². The molecule has 0 atom stereocenters. The zero-order valence-electron chi connectivity index (χ0n) is 10.8. The number of hydrogen-bond donors (Lipinski definition) is 1. The minimum atomic E-state index is -4.55. The summed E-state index contributed by atoms with van der Waals surface area (Å²) >= 11 is 0. The summed E-state index contributed by atoms with van der Waals surface area (Å²) in [5.74, 6) is 0. The van der Waals surface area contributed by atoms with Crippen LogP contribution in [0.2, 0.25) is 0 Å². The number of fused-ring (bicyclic) bond motifs is 1. The second kappa shape index (κ2) is 6.67. The third-order valence-corrected chi connectivity index (χ3v) is 2.83. The van der Waals surface area contributed by atoms with Gasteiger partial charge in [-0.05, 0) is 24.6 Å². The van der Waals surface area contributed by atoms with Crippen LogP contribution in [0.5, 0.6) is 0 Å². The predicted octanol–water partition coefficient (Wildman–Crippen LogP) is 2.90. The average Bonchev–Trinajstić information content (AvgIpc) is 2.41. The quantitative estimate of drug-likeness (QED) is 0.828. The molecule has 2 rings (SSSR count). The lowest BCUT2D eigenvalue weighted by molar-refractivity contribution is -0.323. The molecule has 0 radical (unpaired) electrons. The molecule has 0 aliphatic heterocycles. The van der Waals surface area contributed by atoms with Crippen molar-refractivity contribution in [3.63, 3.8) is 0 Å². The molecule has 20 heavy (non-hydrogen) atoms. The number of nitrogens with zero attached hydrogens (tertiary/aromatic N) is 1. The first-order chi connectivity index (χ1) is 9.56. The molecule has 1 aromatic heterocycles. The lowest BCUT2D eigenvalue weighted by Crippen LogP contribution is -2.25. The maximum Gasteiger partial charge on any atom is 0.522 e. The Morgan fingerprint density at radius 2 is 1.90 bits per heavy atom. The predicted molar refractivity (Wildman–Crippen MR) is 70.3 cm³/mol. The van der Waals surface area contributed by atoms with E-state index in [4.69, 9.17) is 0 Å². The van der Waals surface area contributed by atoms with Gasteiger partial charge in [0.1, 0.15) is 0 Å².